The molecule has 0 bridgehead atoms. The zero-order valence-electron chi connectivity index (χ0n) is 12.1. The van der Waals surface area contributed by atoms with Crippen molar-refractivity contribution >= 4 is 0 Å². The maximum absolute atomic E-state index is 6.03. The first-order valence-electron chi connectivity index (χ1n) is 6.60. The van der Waals surface area contributed by atoms with E-state index in [1.165, 1.54) is 16.7 Å². The van der Waals surface area contributed by atoms with Crippen molar-refractivity contribution in [2.45, 2.75) is 27.3 Å². The number of hydrogen-bond acceptors (Lipinski definition) is 2. The molecule has 0 spiro atoms. The number of nitrogens with one attached hydrogen (secondary N) is 1. The van der Waals surface area contributed by atoms with Crippen LogP contribution in [0.15, 0.2) is 36.4 Å². The summed E-state index contributed by atoms with van der Waals surface area (Å²) in [6, 6.07) is 12.5. The third-order valence-electron chi connectivity index (χ3n) is 3.40. The van der Waals surface area contributed by atoms with Gasteiger partial charge in [-0.2, -0.15) is 0 Å². The number of benzene rings is 2. The fourth-order valence-electron chi connectivity index (χ4n) is 2.09. The van der Waals surface area contributed by atoms with E-state index in [2.05, 4.69) is 44.3 Å². The van der Waals surface area contributed by atoms with Crippen LogP contribution in [0.2, 0.25) is 0 Å². The summed E-state index contributed by atoms with van der Waals surface area (Å²) in [5, 5.41) is 3.16. The second-order valence-electron chi connectivity index (χ2n) is 4.93. The van der Waals surface area contributed by atoms with E-state index in [-0.39, 0.29) is 0 Å². The van der Waals surface area contributed by atoms with Crippen molar-refractivity contribution in [3.05, 3.63) is 58.7 Å². The maximum Gasteiger partial charge on any atom is 0.130 e. The Balaban J connectivity index is 2.26. The van der Waals surface area contributed by atoms with Crippen molar-refractivity contribution in [3.63, 3.8) is 0 Å². The molecule has 0 aliphatic carbocycles. The van der Waals surface area contributed by atoms with Crippen LogP contribution in [0.25, 0.3) is 0 Å². The van der Waals surface area contributed by atoms with Gasteiger partial charge in [-0.15, -0.1) is 0 Å². The first kappa shape index (κ1) is 13.6. The van der Waals surface area contributed by atoms with E-state index in [0.29, 0.717) is 0 Å². The molecule has 2 aromatic carbocycles. The minimum atomic E-state index is 0.880. The molecule has 0 saturated heterocycles. The number of rotatable bonds is 4. The molecule has 0 radical (unpaired) electrons. The molecule has 0 aromatic heterocycles. The van der Waals surface area contributed by atoms with Crippen LogP contribution >= 0.6 is 0 Å². The van der Waals surface area contributed by atoms with E-state index >= 15 is 0 Å². The third-order valence-corrected chi connectivity index (χ3v) is 3.40. The standard InChI is InChI=1S/C17H21NO/c1-12-6-5-7-17(14(12)3)19-16-9-8-15(11-18-4)10-13(16)2/h5-10,18H,11H2,1-4H3. The van der Waals surface area contributed by atoms with Gasteiger partial charge in [-0.1, -0.05) is 24.3 Å². The zero-order valence-corrected chi connectivity index (χ0v) is 12.1. The predicted octanol–water partition coefficient (Wildman–Crippen LogP) is 4.12. The fraction of sp³-hybridized carbons (Fsp3) is 0.294. The summed E-state index contributed by atoms with van der Waals surface area (Å²) in [7, 11) is 1.95. The van der Waals surface area contributed by atoms with E-state index in [1.54, 1.807) is 0 Å². The summed E-state index contributed by atoms with van der Waals surface area (Å²) in [6.45, 7) is 7.16. The fourth-order valence-corrected chi connectivity index (χ4v) is 2.09. The van der Waals surface area contributed by atoms with Crippen LogP contribution < -0.4 is 10.1 Å². The highest BCUT2D eigenvalue weighted by Crippen LogP contribution is 2.29. The van der Waals surface area contributed by atoms with Crippen molar-refractivity contribution in [1.29, 1.82) is 0 Å². The van der Waals surface area contributed by atoms with Crippen LogP contribution in [0.3, 0.4) is 0 Å². The van der Waals surface area contributed by atoms with Gasteiger partial charge in [0.2, 0.25) is 0 Å². The minimum Gasteiger partial charge on any atom is -0.457 e. The molecule has 2 aromatic rings. The molecule has 100 valence electrons. The molecule has 0 aliphatic heterocycles. The number of ether oxygens (including phenoxy) is 1. The Morgan fingerprint density at radius 1 is 0.947 bits per heavy atom. The average Bonchev–Trinajstić information content (AvgIpc) is 2.38. The van der Waals surface area contributed by atoms with Gasteiger partial charge in [-0.3, -0.25) is 0 Å². The summed E-state index contributed by atoms with van der Waals surface area (Å²) < 4.78 is 6.03. The van der Waals surface area contributed by atoms with Crippen molar-refractivity contribution in [2.24, 2.45) is 0 Å². The van der Waals surface area contributed by atoms with Crippen molar-refractivity contribution in [1.82, 2.24) is 5.32 Å². The van der Waals surface area contributed by atoms with Crippen molar-refractivity contribution < 1.29 is 4.74 Å². The molecule has 2 rings (SSSR count). The largest absolute Gasteiger partial charge is 0.457 e. The van der Waals surface area contributed by atoms with Gasteiger partial charge in [-0.05, 0) is 62.2 Å². The van der Waals surface area contributed by atoms with Crippen molar-refractivity contribution in [3.8, 4) is 11.5 Å². The third kappa shape index (κ3) is 3.15. The van der Waals surface area contributed by atoms with Gasteiger partial charge in [0.15, 0.2) is 0 Å². The lowest BCUT2D eigenvalue weighted by molar-refractivity contribution is 0.474. The Morgan fingerprint density at radius 2 is 1.74 bits per heavy atom. The molecule has 0 aliphatic rings. The number of hydrogen-bond donors (Lipinski definition) is 1. The normalized spacial score (nSPS) is 10.5. The van der Waals surface area contributed by atoms with E-state index in [1.807, 2.05) is 25.2 Å². The molecule has 0 atom stereocenters. The van der Waals surface area contributed by atoms with Gasteiger partial charge >= 0.3 is 0 Å². The second kappa shape index (κ2) is 5.89. The first-order chi connectivity index (χ1) is 9.11. The van der Waals surface area contributed by atoms with Gasteiger partial charge in [0.1, 0.15) is 11.5 Å². The zero-order chi connectivity index (χ0) is 13.8. The van der Waals surface area contributed by atoms with E-state index in [4.69, 9.17) is 4.74 Å². The Hall–Kier alpha value is -1.80. The molecule has 0 unspecified atom stereocenters. The predicted molar refractivity (Wildman–Crippen MR) is 79.9 cm³/mol. The molecule has 1 N–H and O–H groups in total. The molecule has 0 amide bonds. The minimum absolute atomic E-state index is 0.880. The maximum atomic E-state index is 6.03. The summed E-state index contributed by atoms with van der Waals surface area (Å²) in [5.41, 5.74) is 4.88. The van der Waals surface area contributed by atoms with Crippen molar-refractivity contribution in [2.75, 3.05) is 7.05 Å². The van der Waals surface area contributed by atoms with Crippen LogP contribution in [-0.2, 0) is 6.54 Å². The highest BCUT2D eigenvalue weighted by Gasteiger charge is 2.06. The first-order valence-corrected chi connectivity index (χ1v) is 6.60. The molecule has 2 heteroatoms. The molecular weight excluding hydrogens is 234 g/mol. The smallest absolute Gasteiger partial charge is 0.130 e. The van der Waals surface area contributed by atoms with Gasteiger partial charge < -0.3 is 10.1 Å². The topological polar surface area (TPSA) is 21.3 Å². The molecule has 0 heterocycles. The van der Waals surface area contributed by atoms with Gasteiger partial charge in [0.25, 0.3) is 0 Å². The molecular formula is C17H21NO. The van der Waals surface area contributed by atoms with E-state index < -0.39 is 0 Å². The van der Waals surface area contributed by atoms with Crippen LogP contribution in [-0.4, -0.2) is 7.05 Å². The molecule has 0 fully saturated rings. The summed E-state index contributed by atoms with van der Waals surface area (Å²) >= 11 is 0. The monoisotopic (exact) mass is 255 g/mol. The summed E-state index contributed by atoms with van der Waals surface area (Å²) in [6.07, 6.45) is 0. The SMILES string of the molecule is CNCc1ccc(Oc2cccc(C)c2C)c(C)c1. The Bertz CT molecular complexity index is 575. The lowest BCUT2D eigenvalue weighted by atomic mass is 10.1. The van der Waals surface area contributed by atoms with E-state index in [9.17, 15) is 0 Å². The van der Waals surface area contributed by atoms with E-state index in [0.717, 1.165) is 23.6 Å². The highest BCUT2D eigenvalue weighted by molar-refractivity contribution is 5.44. The Kier molecular flexibility index (Phi) is 4.23. The van der Waals surface area contributed by atoms with Gasteiger partial charge in [0.05, 0.1) is 0 Å². The Morgan fingerprint density at radius 3 is 2.42 bits per heavy atom. The average molecular weight is 255 g/mol. The van der Waals surface area contributed by atoms with Crippen LogP contribution in [0.4, 0.5) is 0 Å². The quantitative estimate of drug-likeness (QED) is 0.887. The molecule has 0 saturated carbocycles. The molecule has 2 nitrogen and oxygen atoms in total. The second-order valence-corrected chi connectivity index (χ2v) is 4.93. The summed E-state index contributed by atoms with van der Waals surface area (Å²) in [4.78, 5) is 0. The lowest BCUT2D eigenvalue weighted by Gasteiger charge is -2.13. The van der Waals surface area contributed by atoms with Gasteiger partial charge in [0, 0.05) is 6.54 Å². The lowest BCUT2D eigenvalue weighted by Crippen LogP contribution is -2.05. The molecule has 19 heavy (non-hydrogen) atoms. The highest BCUT2D eigenvalue weighted by atomic mass is 16.5. The van der Waals surface area contributed by atoms with Crippen LogP contribution in [0.1, 0.15) is 22.3 Å². The number of aryl methyl sites for hydroxylation is 2. The van der Waals surface area contributed by atoms with Crippen LogP contribution in [0.5, 0.6) is 11.5 Å². The Labute approximate surface area is 115 Å². The summed E-state index contributed by atoms with van der Waals surface area (Å²) in [5.74, 6) is 1.86. The van der Waals surface area contributed by atoms with Crippen LogP contribution in [0, 0.1) is 20.8 Å². The van der Waals surface area contributed by atoms with Gasteiger partial charge in [-0.25, -0.2) is 0 Å².